The average molecular weight is 349 g/mol. The van der Waals surface area contributed by atoms with Crippen LogP contribution in [0.5, 0.6) is 11.5 Å². The molecule has 1 aromatic rings. The van der Waals surface area contributed by atoms with Crippen molar-refractivity contribution in [2.24, 2.45) is 11.8 Å². The highest BCUT2D eigenvalue weighted by molar-refractivity contribution is 5.78. The third kappa shape index (κ3) is 5.11. The first-order chi connectivity index (χ1) is 11.9. The van der Waals surface area contributed by atoms with Crippen LogP contribution in [0.3, 0.4) is 0 Å². The molecule has 1 fully saturated rings. The highest BCUT2D eigenvalue weighted by atomic mass is 16.5. The maximum atomic E-state index is 12.4. The minimum absolute atomic E-state index is 0.0327. The molecule has 1 aliphatic heterocycles. The van der Waals surface area contributed by atoms with E-state index in [9.17, 15) is 14.7 Å². The van der Waals surface area contributed by atoms with Gasteiger partial charge in [0.2, 0.25) is 5.91 Å². The summed E-state index contributed by atoms with van der Waals surface area (Å²) in [6.45, 7) is 2.97. The fourth-order valence-electron chi connectivity index (χ4n) is 3.38. The molecule has 1 aliphatic rings. The molecule has 6 heteroatoms. The molecule has 1 aromatic carbocycles. The fraction of sp³-hybridized carbons (Fsp3) is 0.579. The molecule has 1 heterocycles. The molecule has 0 bridgehead atoms. The SMILES string of the molecule is COc1ccc(CCCC(=O)N2CC(C)CC(C(=O)O)C2)c(OC)c1. The van der Waals surface area contributed by atoms with Gasteiger partial charge in [0, 0.05) is 25.6 Å². The maximum Gasteiger partial charge on any atom is 0.308 e. The van der Waals surface area contributed by atoms with E-state index < -0.39 is 11.9 Å². The largest absolute Gasteiger partial charge is 0.497 e. The van der Waals surface area contributed by atoms with Crippen molar-refractivity contribution in [1.82, 2.24) is 4.90 Å². The van der Waals surface area contributed by atoms with E-state index in [-0.39, 0.29) is 11.8 Å². The smallest absolute Gasteiger partial charge is 0.308 e. The van der Waals surface area contributed by atoms with E-state index in [4.69, 9.17) is 9.47 Å². The summed E-state index contributed by atoms with van der Waals surface area (Å²) in [4.78, 5) is 25.4. The van der Waals surface area contributed by atoms with Gasteiger partial charge in [-0.3, -0.25) is 9.59 Å². The number of benzene rings is 1. The lowest BCUT2D eigenvalue weighted by atomic mass is 9.90. The molecule has 1 N–H and O–H groups in total. The van der Waals surface area contributed by atoms with Gasteiger partial charge >= 0.3 is 5.97 Å². The number of piperidine rings is 1. The Kier molecular flexibility index (Phi) is 6.67. The number of aliphatic carboxylic acids is 1. The highest BCUT2D eigenvalue weighted by Crippen LogP contribution is 2.26. The van der Waals surface area contributed by atoms with Crippen molar-refractivity contribution in [3.05, 3.63) is 23.8 Å². The Bertz CT molecular complexity index is 616. The molecule has 2 atom stereocenters. The number of carbonyl (C=O) groups is 2. The molecular weight excluding hydrogens is 322 g/mol. The van der Waals surface area contributed by atoms with Crippen LogP contribution in [0.4, 0.5) is 0 Å². The first-order valence-corrected chi connectivity index (χ1v) is 8.66. The topological polar surface area (TPSA) is 76.1 Å². The lowest BCUT2D eigenvalue weighted by Crippen LogP contribution is -2.45. The van der Waals surface area contributed by atoms with Crippen LogP contribution in [0, 0.1) is 11.8 Å². The van der Waals surface area contributed by atoms with Crippen LogP contribution in [0.15, 0.2) is 18.2 Å². The number of carbonyl (C=O) groups excluding carboxylic acids is 1. The number of methoxy groups -OCH3 is 2. The zero-order chi connectivity index (χ0) is 18.4. The molecule has 0 spiro atoms. The van der Waals surface area contributed by atoms with Crippen molar-refractivity contribution in [2.75, 3.05) is 27.3 Å². The van der Waals surface area contributed by atoms with Crippen molar-refractivity contribution in [3.63, 3.8) is 0 Å². The van der Waals surface area contributed by atoms with Gasteiger partial charge in [-0.25, -0.2) is 0 Å². The number of rotatable bonds is 7. The Morgan fingerprint density at radius 2 is 2.00 bits per heavy atom. The number of aryl methyl sites for hydroxylation is 1. The highest BCUT2D eigenvalue weighted by Gasteiger charge is 2.31. The summed E-state index contributed by atoms with van der Waals surface area (Å²) in [5.74, 6) is 0.482. The minimum Gasteiger partial charge on any atom is -0.497 e. The number of ether oxygens (including phenoxy) is 2. The van der Waals surface area contributed by atoms with Crippen molar-refractivity contribution >= 4 is 11.9 Å². The van der Waals surface area contributed by atoms with Gasteiger partial charge in [-0.05, 0) is 36.8 Å². The number of carboxylic acids is 1. The minimum atomic E-state index is -0.813. The summed E-state index contributed by atoms with van der Waals surface area (Å²) in [7, 11) is 3.22. The Morgan fingerprint density at radius 3 is 2.64 bits per heavy atom. The number of likely N-dealkylation sites (tertiary alicyclic amines) is 1. The van der Waals surface area contributed by atoms with Gasteiger partial charge in [0.1, 0.15) is 11.5 Å². The quantitative estimate of drug-likeness (QED) is 0.819. The molecule has 138 valence electrons. The molecule has 1 amide bonds. The number of nitrogens with zero attached hydrogens (tertiary/aromatic N) is 1. The standard InChI is InChI=1S/C19H27NO5/c1-13-9-15(19(22)23)12-20(11-13)18(21)6-4-5-14-7-8-16(24-2)10-17(14)25-3/h7-8,10,13,15H,4-6,9,11-12H2,1-3H3,(H,22,23). The average Bonchev–Trinajstić information content (AvgIpc) is 2.61. The van der Waals surface area contributed by atoms with Gasteiger partial charge in [-0.2, -0.15) is 0 Å². The second-order valence-electron chi connectivity index (χ2n) is 6.71. The molecule has 1 saturated heterocycles. The summed E-state index contributed by atoms with van der Waals surface area (Å²) < 4.78 is 10.6. The summed E-state index contributed by atoms with van der Waals surface area (Å²) in [6.07, 6.45) is 2.48. The molecule has 2 rings (SSSR count). The van der Waals surface area contributed by atoms with Crippen LogP contribution < -0.4 is 9.47 Å². The lowest BCUT2D eigenvalue weighted by Gasteiger charge is -2.34. The van der Waals surface area contributed by atoms with Crippen LogP contribution in [0.2, 0.25) is 0 Å². The second-order valence-corrected chi connectivity index (χ2v) is 6.71. The van der Waals surface area contributed by atoms with Crippen molar-refractivity contribution < 1.29 is 24.2 Å². The number of amides is 1. The molecule has 6 nitrogen and oxygen atoms in total. The zero-order valence-electron chi connectivity index (χ0n) is 15.2. The van der Waals surface area contributed by atoms with Gasteiger partial charge in [0.15, 0.2) is 0 Å². The van der Waals surface area contributed by atoms with E-state index in [1.54, 1.807) is 19.1 Å². The number of hydrogen-bond donors (Lipinski definition) is 1. The number of hydrogen-bond acceptors (Lipinski definition) is 4. The molecule has 2 unspecified atom stereocenters. The monoisotopic (exact) mass is 349 g/mol. The second kappa shape index (κ2) is 8.74. The molecule has 25 heavy (non-hydrogen) atoms. The van der Waals surface area contributed by atoms with Gasteiger partial charge in [0.25, 0.3) is 0 Å². The van der Waals surface area contributed by atoms with Gasteiger partial charge in [0.05, 0.1) is 20.1 Å². The molecule has 0 aromatic heterocycles. The summed E-state index contributed by atoms with van der Waals surface area (Å²) in [5, 5.41) is 9.22. The van der Waals surface area contributed by atoms with Crippen molar-refractivity contribution in [3.8, 4) is 11.5 Å². The van der Waals surface area contributed by atoms with Crippen LogP contribution >= 0.6 is 0 Å². The van der Waals surface area contributed by atoms with Crippen molar-refractivity contribution in [1.29, 1.82) is 0 Å². The van der Waals surface area contributed by atoms with Gasteiger partial charge < -0.3 is 19.5 Å². The Labute approximate surface area is 148 Å². The zero-order valence-corrected chi connectivity index (χ0v) is 15.2. The normalized spacial score (nSPS) is 20.2. The first kappa shape index (κ1) is 19.1. The van der Waals surface area contributed by atoms with E-state index in [0.29, 0.717) is 32.4 Å². The van der Waals surface area contributed by atoms with Crippen LogP contribution in [0.25, 0.3) is 0 Å². The summed E-state index contributed by atoms with van der Waals surface area (Å²) in [6, 6.07) is 5.66. The summed E-state index contributed by atoms with van der Waals surface area (Å²) >= 11 is 0. The predicted molar refractivity (Wildman–Crippen MR) is 94.0 cm³/mol. The Balaban J connectivity index is 1.89. The Hall–Kier alpha value is -2.24. The molecular formula is C19H27NO5. The van der Waals surface area contributed by atoms with E-state index in [0.717, 1.165) is 23.5 Å². The van der Waals surface area contributed by atoms with Gasteiger partial charge in [-0.15, -0.1) is 0 Å². The lowest BCUT2D eigenvalue weighted by molar-refractivity contribution is -0.146. The molecule has 0 aliphatic carbocycles. The Morgan fingerprint density at radius 1 is 1.24 bits per heavy atom. The first-order valence-electron chi connectivity index (χ1n) is 8.66. The van der Waals surface area contributed by atoms with E-state index in [2.05, 4.69) is 0 Å². The number of carboxylic acid groups (broad SMARTS) is 1. The van der Waals surface area contributed by atoms with Crippen molar-refractivity contribution in [2.45, 2.75) is 32.6 Å². The van der Waals surface area contributed by atoms with E-state index >= 15 is 0 Å². The predicted octanol–water partition coefficient (Wildman–Crippen LogP) is 2.60. The molecule has 0 radical (unpaired) electrons. The van der Waals surface area contributed by atoms with Gasteiger partial charge in [-0.1, -0.05) is 13.0 Å². The third-order valence-corrected chi connectivity index (χ3v) is 4.69. The van der Waals surface area contributed by atoms with Crippen LogP contribution in [-0.2, 0) is 16.0 Å². The maximum absolute atomic E-state index is 12.4. The van der Waals surface area contributed by atoms with Crippen LogP contribution in [-0.4, -0.2) is 49.2 Å². The van der Waals surface area contributed by atoms with E-state index in [1.807, 2.05) is 25.1 Å². The fourth-order valence-corrected chi connectivity index (χ4v) is 3.38. The van der Waals surface area contributed by atoms with E-state index in [1.165, 1.54) is 0 Å². The third-order valence-electron chi connectivity index (χ3n) is 4.69. The van der Waals surface area contributed by atoms with Crippen LogP contribution in [0.1, 0.15) is 31.7 Å². The molecule has 0 saturated carbocycles. The summed E-state index contributed by atoms with van der Waals surface area (Å²) in [5.41, 5.74) is 1.03.